The van der Waals surface area contributed by atoms with Gasteiger partial charge < -0.3 is 19.7 Å². The molecule has 1 aromatic heterocycles. The molecule has 5 heteroatoms. The van der Waals surface area contributed by atoms with Gasteiger partial charge in [-0.2, -0.15) is 0 Å². The smallest absolute Gasteiger partial charge is 0.160 e. The maximum Gasteiger partial charge on any atom is 0.160 e. The molecule has 1 aromatic carbocycles. The van der Waals surface area contributed by atoms with E-state index < -0.39 is 0 Å². The number of ether oxygens (including phenoxy) is 1. The summed E-state index contributed by atoms with van der Waals surface area (Å²) in [4.78, 5) is 4.00. The van der Waals surface area contributed by atoms with Crippen LogP contribution < -0.4 is 10.1 Å². The average Bonchev–Trinajstić information content (AvgIpc) is 2.92. The average molecular weight is 261 g/mol. The van der Waals surface area contributed by atoms with E-state index in [1.807, 2.05) is 22.9 Å². The lowest BCUT2D eigenvalue weighted by Gasteiger charge is -2.15. The van der Waals surface area contributed by atoms with Crippen molar-refractivity contribution in [2.75, 3.05) is 13.7 Å². The molecule has 2 rings (SSSR count). The second kappa shape index (κ2) is 6.24. The van der Waals surface area contributed by atoms with Gasteiger partial charge in [-0.15, -0.1) is 0 Å². The number of aromatic hydroxyl groups is 1. The Labute approximate surface area is 112 Å². The molecule has 1 unspecified atom stereocenters. The van der Waals surface area contributed by atoms with Gasteiger partial charge in [-0.1, -0.05) is 6.07 Å². The van der Waals surface area contributed by atoms with Crippen LogP contribution in [0.1, 0.15) is 18.5 Å². The van der Waals surface area contributed by atoms with Crippen molar-refractivity contribution in [3.8, 4) is 11.5 Å². The Hall–Kier alpha value is -2.01. The van der Waals surface area contributed by atoms with Gasteiger partial charge in [0.05, 0.1) is 13.4 Å². The molecule has 0 radical (unpaired) electrons. The van der Waals surface area contributed by atoms with E-state index in [4.69, 9.17) is 4.74 Å². The number of imidazole rings is 1. The van der Waals surface area contributed by atoms with Crippen molar-refractivity contribution in [1.82, 2.24) is 14.9 Å². The number of nitrogens with zero attached hydrogens (tertiary/aromatic N) is 2. The zero-order chi connectivity index (χ0) is 13.7. The highest BCUT2D eigenvalue weighted by Gasteiger charge is 2.08. The summed E-state index contributed by atoms with van der Waals surface area (Å²) in [6.45, 7) is 3.81. The van der Waals surface area contributed by atoms with Gasteiger partial charge in [-0.25, -0.2) is 4.98 Å². The number of hydrogen-bond acceptors (Lipinski definition) is 4. The zero-order valence-electron chi connectivity index (χ0n) is 11.2. The number of phenolic OH excluding ortho intramolecular Hbond substituents is 1. The van der Waals surface area contributed by atoms with Crippen LogP contribution in [0, 0.1) is 0 Å². The highest BCUT2D eigenvalue weighted by Crippen LogP contribution is 2.28. The molecule has 0 aliphatic rings. The molecule has 0 amide bonds. The predicted molar refractivity (Wildman–Crippen MR) is 73.3 cm³/mol. The van der Waals surface area contributed by atoms with Gasteiger partial charge in [0.25, 0.3) is 0 Å². The number of rotatable bonds is 6. The third-order valence-corrected chi connectivity index (χ3v) is 3.08. The molecule has 102 valence electrons. The summed E-state index contributed by atoms with van der Waals surface area (Å²) >= 11 is 0. The van der Waals surface area contributed by atoms with Gasteiger partial charge in [0, 0.05) is 31.5 Å². The van der Waals surface area contributed by atoms with Crippen molar-refractivity contribution in [3.05, 3.63) is 42.5 Å². The molecule has 1 atom stereocenters. The molecular weight excluding hydrogens is 242 g/mol. The van der Waals surface area contributed by atoms with E-state index in [2.05, 4.69) is 17.2 Å². The molecule has 0 saturated carbocycles. The third-order valence-electron chi connectivity index (χ3n) is 3.08. The van der Waals surface area contributed by atoms with Crippen LogP contribution in [0.25, 0.3) is 0 Å². The van der Waals surface area contributed by atoms with Crippen LogP contribution in [-0.2, 0) is 6.54 Å². The Bertz CT molecular complexity index is 511. The molecule has 0 spiro atoms. The van der Waals surface area contributed by atoms with Crippen LogP contribution in [0.4, 0.5) is 0 Å². The van der Waals surface area contributed by atoms with Crippen molar-refractivity contribution in [2.24, 2.45) is 0 Å². The minimum atomic E-state index is 0.164. The van der Waals surface area contributed by atoms with E-state index in [-0.39, 0.29) is 11.8 Å². The first-order valence-electron chi connectivity index (χ1n) is 6.26. The quantitative estimate of drug-likeness (QED) is 0.834. The topological polar surface area (TPSA) is 59.3 Å². The molecule has 0 bridgehead atoms. The number of nitrogens with one attached hydrogen (secondary N) is 1. The summed E-state index contributed by atoms with van der Waals surface area (Å²) in [5.41, 5.74) is 1.08. The molecule has 1 heterocycles. The highest BCUT2D eigenvalue weighted by atomic mass is 16.5. The molecule has 0 aliphatic heterocycles. The summed E-state index contributed by atoms with van der Waals surface area (Å²) in [5, 5.41) is 13.0. The first kappa shape index (κ1) is 13.4. The normalized spacial score (nSPS) is 12.3. The highest BCUT2D eigenvalue weighted by molar-refractivity contribution is 5.42. The summed E-state index contributed by atoms with van der Waals surface area (Å²) in [7, 11) is 1.55. The minimum absolute atomic E-state index is 0.164. The van der Waals surface area contributed by atoms with Crippen LogP contribution >= 0.6 is 0 Å². The molecule has 0 saturated heterocycles. The Kier molecular flexibility index (Phi) is 4.41. The lowest BCUT2D eigenvalue weighted by atomic mass is 10.1. The molecule has 2 aromatic rings. The van der Waals surface area contributed by atoms with Gasteiger partial charge in [-0.05, 0) is 24.6 Å². The lowest BCUT2D eigenvalue weighted by Crippen LogP contribution is -2.23. The number of phenols is 1. The van der Waals surface area contributed by atoms with Crippen molar-refractivity contribution < 1.29 is 9.84 Å². The molecular formula is C14H19N3O2. The van der Waals surface area contributed by atoms with E-state index in [1.165, 1.54) is 0 Å². The Morgan fingerprint density at radius 3 is 3.00 bits per heavy atom. The van der Waals surface area contributed by atoms with Crippen LogP contribution in [0.15, 0.2) is 36.9 Å². The number of benzene rings is 1. The van der Waals surface area contributed by atoms with Gasteiger partial charge >= 0.3 is 0 Å². The summed E-state index contributed by atoms with van der Waals surface area (Å²) < 4.78 is 7.13. The summed E-state index contributed by atoms with van der Waals surface area (Å²) in [6.07, 6.45) is 5.51. The van der Waals surface area contributed by atoms with Crippen LogP contribution in [-0.4, -0.2) is 28.3 Å². The predicted octanol–water partition coefficient (Wildman–Crippen LogP) is 1.95. The monoisotopic (exact) mass is 261 g/mol. The number of aromatic nitrogens is 2. The Morgan fingerprint density at radius 1 is 1.47 bits per heavy atom. The molecule has 0 aliphatic carbocycles. The van der Waals surface area contributed by atoms with Crippen molar-refractivity contribution in [1.29, 1.82) is 0 Å². The minimum Gasteiger partial charge on any atom is -0.504 e. The van der Waals surface area contributed by atoms with Gasteiger partial charge in [-0.3, -0.25) is 0 Å². The number of methoxy groups -OCH3 is 1. The maximum atomic E-state index is 9.56. The Morgan fingerprint density at radius 2 is 2.32 bits per heavy atom. The largest absolute Gasteiger partial charge is 0.504 e. The van der Waals surface area contributed by atoms with E-state index in [1.54, 1.807) is 25.7 Å². The van der Waals surface area contributed by atoms with Crippen molar-refractivity contribution in [2.45, 2.75) is 19.5 Å². The van der Waals surface area contributed by atoms with Gasteiger partial charge in [0.2, 0.25) is 0 Å². The molecule has 19 heavy (non-hydrogen) atoms. The van der Waals surface area contributed by atoms with Crippen molar-refractivity contribution in [3.63, 3.8) is 0 Å². The summed E-state index contributed by atoms with van der Waals surface area (Å²) in [6, 6.07) is 5.59. The van der Waals surface area contributed by atoms with Gasteiger partial charge in [0.15, 0.2) is 11.5 Å². The second-order valence-electron chi connectivity index (χ2n) is 4.41. The third kappa shape index (κ3) is 3.48. The molecule has 5 nitrogen and oxygen atoms in total. The van der Waals surface area contributed by atoms with Crippen LogP contribution in [0.5, 0.6) is 11.5 Å². The zero-order valence-corrected chi connectivity index (χ0v) is 11.2. The number of hydrogen-bond donors (Lipinski definition) is 2. The fraction of sp³-hybridized carbons (Fsp3) is 0.357. The molecule has 2 N–H and O–H groups in total. The van der Waals surface area contributed by atoms with Gasteiger partial charge in [0.1, 0.15) is 0 Å². The van der Waals surface area contributed by atoms with Crippen molar-refractivity contribution >= 4 is 0 Å². The first-order chi connectivity index (χ1) is 9.20. The lowest BCUT2D eigenvalue weighted by molar-refractivity contribution is 0.372. The first-order valence-corrected chi connectivity index (χ1v) is 6.26. The van der Waals surface area contributed by atoms with Crippen LogP contribution in [0.3, 0.4) is 0 Å². The maximum absolute atomic E-state index is 9.56. The second-order valence-corrected chi connectivity index (χ2v) is 4.41. The fourth-order valence-electron chi connectivity index (χ4n) is 1.91. The van der Waals surface area contributed by atoms with Crippen LogP contribution in [0.2, 0.25) is 0 Å². The van der Waals surface area contributed by atoms with E-state index in [0.717, 1.165) is 18.7 Å². The fourth-order valence-corrected chi connectivity index (χ4v) is 1.91. The van der Waals surface area contributed by atoms with E-state index in [9.17, 15) is 5.11 Å². The SMILES string of the molecule is COc1cc(C(C)NCCn2ccnc2)ccc1O. The molecule has 0 fully saturated rings. The standard InChI is InChI=1S/C14H19N3O2/c1-11(16-6-8-17-7-5-15-10-17)12-3-4-13(18)14(9-12)19-2/h3-5,7,9-11,16,18H,6,8H2,1-2H3. The summed E-state index contributed by atoms with van der Waals surface area (Å²) in [5.74, 6) is 0.664. The Balaban J connectivity index is 1.90. The van der Waals surface area contributed by atoms with E-state index >= 15 is 0 Å². The van der Waals surface area contributed by atoms with E-state index in [0.29, 0.717) is 5.75 Å².